The molecule has 0 saturated carbocycles. The van der Waals surface area contributed by atoms with Gasteiger partial charge in [0.15, 0.2) is 0 Å². The lowest BCUT2D eigenvalue weighted by molar-refractivity contribution is -0.114. The quantitative estimate of drug-likeness (QED) is 0.170. The molecule has 0 bridgehead atoms. The third kappa shape index (κ3) is 8.56. The van der Waals surface area contributed by atoms with Gasteiger partial charge >= 0.3 is 0 Å². The normalized spacial score (nSPS) is 11.2. The fourth-order valence-electron chi connectivity index (χ4n) is 3.58. The summed E-state index contributed by atoms with van der Waals surface area (Å²) in [6.07, 6.45) is 6.83. The van der Waals surface area contributed by atoms with Crippen molar-refractivity contribution in [2.45, 2.75) is 29.9 Å². The first-order valence-corrected chi connectivity index (χ1v) is 12.6. The van der Waals surface area contributed by atoms with Gasteiger partial charge in [0, 0.05) is 23.3 Å². The number of carbonyl (C=O) groups excluding carboxylic acids is 1. The molecule has 3 nitrogen and oxygen atoms in total. The van der Waals surface area contributed by atoms with Crippen LogP contribution in [0, 0.1) is 0 Å². The fraction of sp³-hybridized carbons (Fsp3) is 0.276. The SMILES string of the molecule is CN(C)CCCCCN(C(=O)/C=C/c1ccccc1)c1ccccc1SCc1ccccc1. The van der Waals surface area contributed by atoms with Crippen molar-refractivity contribution in [2.24, 2.45) is 0 Å². The van der Waals surface area contributed by atoms with Crippen molar-refractivity contribution < 1.29 is 4.79 Å². The molecule has 3 rings (SSSR count). The summed E-state index contributed by atoms with van der Waals surface area (Å²) in [4.78, 5) is 18.6. The van der Waals surface area contributed by atoms with E-state index in [-0.39, 0.29) is 5.91 Å². The summed E-state index contributed by atoms with van der Waals surface area (Å²) in [5, 5.41) is 0. The van der Waals surface area contributed by atoms with Crippen LogP contribution in [0.3, 0.4) is 0 Å². The van der Waals surface area contributed by atoms with Gasteiger partial charge in [-0.25, -0.2) is 0 Å². The number of carbonyl (C=O) groups is 1. The Balaban J connectivity index is 1.76. The fourth-order valence-corrected chi connectivity index (χ4v) is 4.60. The van der Waals surface area contributed by atoms with E-state index in [0.29, 0.717) is 6.54 Å². The van der Waals surface area contributed by atoms with E-state index in [2.05, 4.69) is 61.5 Å². The minimum atomic E-state index is 0.0271. The summed E-state index contributed by atoms with van der Waals surface area (Å²) in [6.45, 7) is 1.79. The van der Waals surface area contributed by atoms with Crippen LogP contribution in [0.25, 0.3) is 6.08 Å². The Hall–Kier alpha value is -2.82. The van der Waals surface area contributed by atoms with Gasteiger partial charge in [0.2, 0.25) is 0 Å². The number of nitrogens with zero attached hydrogens (tertiary/aromatic N) is 2. The molecule has 0 aromatic heterocycles. The van der Waals surface area contributed by atoms with E-state index >= 15 is 0 Å². The molecule has 0 unspecified atom stereocenters. The lowest BCUT2D eigenvalue weighted by Gasteiger charge is -2.24. The summed E-state index contributed by atoms with van der Waals surface area (Å²) in [6, 6.07) is 28.7. The van der Waals surface area contributed by atoms with Gasteiger partial charge in [-0.05, 0) is 62.8 Å². The van der Waals surface area contributed by atoms with Crippen molar-refractivity contribution >= 4 is 29.4 Å². The number of thioether (sulfide) groups is 1. The van der Waals surface area contributed by atoms with E-state index in [9.17, 15) is 4.79 Å². The first kappa shape index (κ1) is 24.8. The number of amides is 1. The Morgan fingerprint density at radius 2 is 1.42 bits per heavy atom. The number of benzene rings is 3. The standard InChI is InChI=1S/C29H34N2OS/c1-30(2)22-12-5-13-23-31(29(32)21-20-25-14-6-3-7-15-25)27-18-10-11-19-28(27)33-24-26-16-8-4-9-17-26/h3-4,6-11,14-21H,5,12-13,22-24H2,1-2H3/b21-20+. The van der Waals surface area contributed by atoms with Gasteiger partial charge in [0.05, 0.1) is 5.69 Å². The van der Waals surface area contributed by atoms with Crippen molar-refractivity contribution in [1.29, 1.82) is 0 Å². The third-order valence-corrected chi connectivity index (χ3v) is 6.50. The largest absolute Gasteiger partial charge is 0.309 e. The van der Waals surface area contributed by atoms with Gasteiger partial charge in [-0.2, -0.15) is 0 Å². The van der Waals surface area contributed by atoms with Crippen LogP contribution >= 0.6 is 11.8 Å². The molecule has 0 atom stereocenters. The van der Waals surface area contributed by atoms with E-state index in [1.54, 1.807) is 17.8 Å². The van der Waals surface area contributed by atoms with Crippen molar-refractivity contribution in [3.63, 3.8) is 0 Å². The highest BCUT2D eigenvalue weighted by Crippen LogP contribution is 2.33. The summed E-state index contributed by atoms with van der Waals surface area (Å²) in [5.74, 6) is 0.905. The molecule has 0 aliphatic rings. The predicted molar refractivity (Wildman–Crippen MR) is 143 cm³/mol. The van der Waals surface area contributed by atoms with Crippen LogP contribution in [0.4, 0.5) is 5.69 Å². The predicted octanol–water partition coefficient (Wildman–Crippen LogP) is 6.76. The maximum Gasteiger partial charge on any atom is 0.251 e. The zero-order valence-electron chi connectivity index (χ0n) is 19.7. The second-order valence-electron chi connectivity index (χ2n) is 8.34. The Labute approximate surface area is 203 Å². The average molecular weight is 459 g/mol. The number of hydrogen-bond donors (Lipinski definition) is 0. The van der Waals surface area contributed by atoms with E-state index in [1.807, 2.05) is 53.4 Å². The molecule has 4 heteroatoms. The van der Waals surface area contributed by atoms with Crippen LogP contribution in [0.2, 0.25) is 0 Å². The molecule has 3 aromatic carbocycles. The summed E-state index contributed by atoms with van der Waals surface area (Å²) in [7, 11) is 4.20. The minimum absolute atomic E-state index is 0.0271. The van der Waals surface area contributed by atoms with Crippen molar-refractivity contribution in [1.82, 2.24) is 4.90 Å². The third-order valence-electron chi connectivity index (χ3n) is 5.36. The van der Waals surface area contributed by atoms with Gasteiger partial charge in [-0.3, -0.25) is 4.79 Å². The summed E-state index contributed by atoms with van der Waals surface area (Å²) >= 11 is 1.78. The lowest BCUT2D eigenvalue weighted by Crippen LogP contribution is -2.31. The van der Waals surface area contributed by atoms with Gasteiger partial charge in [-0.15, -0.1) is 11.8 Å². The molecule has 172 valence electrons. The van der Waals surface area contributed by atoms with Crippen LogP contribution in [0.1, 0.15) is 30.4 Å². The number of unbranched alkanes of at least 4 members (excludes halogenated alkanes) is 2. The first-order chi connectivity index (χ1) is 16.1. The molecule has 0 fully saturated rings. The molecule has 0 heterocycles. The summed E-state index contributed by atoms with van der Waals surface area (Å²) in [5.41, 5.74) is 3.31. The zero-order valence-corrected chi connectivity index (χ0v) is 20.5. The highest BCUT2D eigenvalue weighted by atomic mass is 32.2. The Morgan fingerprint density at radius 1 is 0.788 bits per heavy atom. The lowest BCUT2D eigenvalue weighted by atomic mass is 10.2. The van der Waals surface area contributed by atoms with Crippen LogP contribution in [-0.2, 0) is 10.5 Å². The van der Waals surface area contributed by atoms with Crippen LogP contribution in [0.15, 0.2) is 95.9 Å². The van der Waals surface area contributed by atoms with Crippen LogP contribution < -0.4 is 4.90 Å². The molecule has 3 aromatic rings. The molecule has 0 spiro atoms. The molecule has 0 radical (unpaired) electrons. The molecule has 33 heavy (non-hydrogen) atoms. The maximum absolute atomic E-state index is 13.3. The summed E-state index contributed by atoms with van der Waals surface area (Å²) < 4.78 is 0. The van der Waals surface area contributed by atoms with Crippen molar-refractivity contribution in [3.8, 4) is 0 Å². The number of rotatable bonds is 12. The molecule has 0 aliphatic heterocycles. The second kappa shape index (κ2) is 13.7. The Morgan fingerprint density at radius 3 is 2.15 bits per heavy atom. The molecule has 0 N–H and O–H groups in total. The van der Waals surface area contributed by atoms with E-state index < -0.39 is 0 Å². The number of anilines is 1. The minimum Gasteiger partial charge on any atom is -0.309 e. The van der Waals surface area contributed by atoms with E-state index in [4.69, 9.17) is 0 Å². The second-order valence-corrected chi connectivity index (χ2v) is 9.36. The average Bonchev–Trinajstić information content (AvgIpc) is 2.85. The zero-order chi connectivity index (χ0) is 23.3. The Bertz CT molecular complexity index is 1000. The molecular formula is C29H34N2OS. The van der Waals surface area contributed by atoms with Gasteiger partial charge in [0.1, 0.15) is 0 Å². The smallest absolute Gasteiger partial charge is 0.251 e. The Kier molecular flexibility index (Phi) is 10.3. The van der Waals surface area contributed by atoms with Gasteiger partial charge < -0.3 is 9.80 Å². The molecule has 0 saturated heterocycles. The van der Waals surface area contributed by atoms with E-state index in [1.165, 1.54) is 5.56 Å². The highest BCUT2D eigenvalue weighted by molar-refractivity contribution is 7.98. The van der Waals surface area contributed by atoms with E-state index in [0.717, 1.165) is 47.7 Å². The maximum atomic E-state index is 13.3. The number of para-hydroxylation sites is 1. The monoisotopic (exact) mass is 458 g/mol. The van der Waals surface area contributed by atoms with Crippen molar-refractivity contribution in [2.75, 3.05) is 32.1 Å². The first-order valence-electron chi connectivity index (χ1n) is 11.6. The number of hydrogen-bond acceptors (Lipinski definition) is 3. The molecule has 0 aliphatic carbocycles. The molecular weight excluding hydrogens is 424 g/mol. The highest BCUT2D eigenvalue weighted by Gasteiger charge is 2.17. The van der Waals surface area contributed by atoms with Crippen LogP contribution in [0.5, 0.6) is 0 Å². The van der Waals surface area contributed by atoms with Gasteiger partial charge in [-0.1, -0.05) is 79.2 Å². The van der Waals surface area contributed by atoms with Crippen LogP contribution in [-0.4, -0.2) is 38.0 Å². The molecule has 1 amide bonds. The van der Waals surface area contributed by atoms with Crippen molar-refractivity contribution in [3.05, 3.63) is 102 Å². The topological polar surface area (TPSA) is 23.6 Å². The van der Waals surface area contributed by atoms with Gasteiger partial charge in [0.25, 0.3) is 5.91 Å².